The van der Waals surface area contributed by atoms with Gasteiger partial charge in [-0.05, 0) is 13.0 Å². The molecule has 0 amide bonds. The third-order valence-corrected chi connectivity index (χ3v) is 3.19. The van der Waals surface area contributed by atoms with Gasteiger partial charge in [0.1, 0.15) is 5.58 Å². The molecule has 0 N–H and O–H groups in total. The van der Waals surface area contributed by atoms with Crippen molar-refractivity contribution in [3.63, 3.8) is 0 Å². The van der Waals surface area contributed by atoms with Crippen molar-refractivity contribution in [1.82, 2.24) is 0 Å². The lowest BCUT2D eigenvalue weighted by molar-refractivity contribution is 0.557. The Morgan fingerprint density at radius 3 is 3.00 bits per heavy atom. The molecule has 2 nitrogen and oxygen atoms in total. The Morgan fingerprint density at radius 2 is 2.19 bits per heavy atom. The number of hydrogen-bond donors (Lipinski definition) is 0. The molecule has 0 spiro atoms. The van der Waals surface area contributed by atoms with Crippen LogP contribution in [0, 0.1) is 0 Å². The van der Waals surface area contributed by atoms with Crippen LogP contribution in [0.1, 0.15) is 6.92 Å². The highest BCUT2D eigenvalue weighted by atomic mass is 32.2. The second-order valence-electron chi connectivity index (χ2n) is 3.31. The van der Waals surface area contributed by atoms with Gasteiger partial charge in [-0.3, -0.25) is 0 Å². The van der Waals surface area contributed by atoms with E-state index < -0.39 is 0 Å². The Morgan fingerprint density at radius 1 is 1.38 bits per heavy atom. The van der Waals surface area contributed by atoms with Gasteiger partial charge in [0.2, 0.25) is 0 Å². The minimum absolute atomic E-state index is 0.290. The van der Waals surface area contributed by atoms with Gasteiger partial charge in [-0.2, -0.15) is 0 Å². The van der Waals surface area contributed by atoms with Crippen molar-refractivity contribution in [3.05, 3.63) is 52.9 Å². The molecule has 1 aromatic carbocycles. The molecule has 2 rings (SSSR count). The molecule has 0 aliphatic rings. The van der Waals surface area contributed by atoms with Crippen LogP contribution in [0.4, 0.5) is 0 Å². The van der Waals surface area contributed by atoms with Gasteiger partial charge in [0.25, 0.3) is 0 Å². The topological polar surface area (TPSA) is 30.2 Å². The van der Waals surface area contributed by atoms with Crippen molar-refractivity contribution in [2.45, 2.75) is 11.8 Å². The van der Waals surface area contributed by atoms with E-state index in [1.54, 1.807) is 17.8 Å². The van der Waals surface area contributed by atoms with Crippen LogP contribution in [0.25, 0.3) is 11.0 Å². The number of rotatable bonds is 3. The molecule has 1 aromatic heterocycles. The van der Waals surface area contributed by atoms with Gasteiger partial charge in [0.05, 0.1) is 0 Å². The first-order chi connectivity index (χ1) is 7.81. The number of para-hydroxylation sites is 1. The highest BCUT2D eigenvalue weighted by Gasteiger charge is 2.04. The predicted octanol–water partition coefficient (Wildman–Crippen LogP) is 3.46. The summed E-state index contributed by atoms with van der Waals surface area (Å²) in [5, 5.41) is 0.997. The monoisotopic (exact) mass is 232 g/mol. The zero-order valence-corrected chi connectivity index (χ0v) is 9.79. The van der Waals surface area contributed by atoms with Gasteiger partial charge in [0.15, 0.2) is 0 Å². The van der Waals surface area contributed by atoms with E-state index in [1.807, 2.05) is 37.3 Å². The zero-order chi connectivity index (χ0) is 11.4. The van der Waals surface area contributed by atoms with E-state index in [4.69, 9.17) is 4.42 Å². The van der Waals surface area contributed by atoms with Gasteiger partial charge in [-0.25, -0.2) is 4.79 Å². The second kappa shape index (κ2) is 5.03. The first kappa shape index (κ1) is 11.0. The lowest BCUT2D eigenvalue weighted by Crippen LogP contribution is -1.97. The van der Waals surface area contributed by atoms with Crippen LogP contribution in [0.2, 0.25) is 0 Å². The molecule has 1 heterocycles. The lowest BCUT2D eigenvalue weighted by atomic mass is 10.2. The quantitative estimate of drug-likeness (QED) is 0.461. The Bertz CT molecular complexity index is 569. The van der Waals surface area contributed by atoms with Crippen LogP contribution in [0.3, 0.4) is 0 Å². The van der Waals surface area contributed by atoms with Crippen LogP contribution in [-0.2, 0) is 0 Å². The van der Waals surface area contributed by atoms with Crippen LogP contribution in [0.15, 0.2) is 56.6 Å². The molecule has 0 unspecified atom stereocenters. The molecule has 0 atom stereocenters. The van der Waals surface area contributed by atoms with Crippen molar-refractivity contribution < 1.29 is 4.42 Å². The van der Waals surface area contributed by atoms with E-state index in [-0.39, 0.29) is 5.63 Å². The zero-order valence-electron chi connectivity index (χ0n) is 8.97. The average Bonchev–Trinajstić information content (AvgIpc) is 2.29. The summed E-state index contributed by atoms with van der Waals surface area (Å²) in [7, 11) is 0. The minimum Gasteiger partial charge on any atom is -0.423 e. The van der Waals surface area contributed by atoms with Crippen molar-refractivity contribution >= 4 is 22.7 Å². The number of allylic oxidation sites excluding steroid dienone is 1. The van der Waals surface area contributed by atoms with E-state index in [2.05, 4.69) is 6.08 Å². The molecule has 82 valence electrons. The average molecular weight is 232 g/mol. The molecular formula is C13H12O2S. The maximum absolute atomic E-state index is 11.3. The molecule has 0 bridgehead atoms. The Labute approximate surface area is 98.0 Å². The van der Waals surface area contributed by atoms with Crippen LogP contribution in [-0.4, -0.2) is 5.75 Å². The normalized spacial score (nSPS) is 11.3. The third-order valence-electron chi connectivity index (χ3n) is 2.18. The summed E-state index contributed by atoms with van der Waals surface area (Å²) >= 11 is 1.64. The molecule has 0 aliphatic carbocycles. The fraction of sp³-hybridized carbons (Fsp3) is 0.154. The van der Waals surface area contributed by atoms with Crippen molar-refractivity contribution in [3.8, 4) is 0 Å². The standard InChI is InChI=1S/C13H12O2S/c1-2-3-8-16-12-9-13(14)15-11-7-5-4-6-10(11)12/h2-7,9H,8H2,1H3/b3-2+. The van der Waals surface area contributed by atoms with Crippen LogP contribution in [0.5, 0.6) is 0 Å². The van der Waals surface area contributed by atoms with E-state index in [9.17, 15) is 4.79 Å². The summed E-state index contributed by atoms with van der Waals surface area (Å²) in [6, 6.07) is 9.15. The summed E-state index contributed by atoms with van der Waals surface area (Å²) in [4.78, 5) is 12.3. The smallest absolute Gasteiger partial charge is 0.337 e. The molecule has 3 heteroatoms. The van der Waals surface area contributed by atoms with E-state index >= 15 is 0 Å². The number of thioether (sulfide) groups is 1. The molecular weight excluding hydrogens is 220 g/mol. The van der Waals surface area contributed by atoms with Gasteiger partial charge < -0.3 is 4.42 Å². The van der Waals surface area contributed by atoms with Crippen molar-refractivity contribution in [2.24, 2.45) is 0 Å². The summed E-state index contributed by atoms with van der Waals surface area (Å²) in [5.74, 6) is 0.865. The maximum Gasteiger partial charge on any atom is 0.337 e. The summed E-state index contributed by atoms with van der Waals surface area (Å²) in [6.45, 7) is 1.98. The Hall–Kier alpha value is -1.48. The first-order valence-corrected chi connectivity index (χ1v) is 6.06. The van der Waals surface area contributed by atoms with Gasteiger partial charge >= 0.3 is 5.63 Å². The molecule has 0 fully saturated rings. The number of hydrogen-bond acceptors (Lipinski definition) is 3. The third kappa shape index (κ3) is 2.36. The SMILES string of the molecule is C/C=C/CSc1cc(=O)oc2ccccc12. The number of fused-ring (bicyclic) bond motifs is 1. The van der Waals surface area contributed by atoms with Crippen molar-refractivity contribution in [2.75, 3.05) is 5.75 Å². The highest BCUT2D eigenvalue weighted by Crippen LogP contribution is 2.26. The summed E-state index contributed by atoms with van der Waals surface area (Å²) in [5.41, 5.74) is 0.361. The molecule has 0 saturated heterocycles. The van der Waals surface area contributed by atoms with Gasteiger partial charge in [-0.1, -0.05) is 30.4 Å². The Balaban J connectivity index is 2.46. The second-order valence-corrected chi connectivity index (χ2v) is 4.37. The maximum atomic E-state index is 11.3. The summed E-state index contributed by atoms with van der Waals surface area (Å²) in [6.07, 6.45) is 4.06. The van der Waals surface area contributed by atoms with Gasteiger partial charge in [0, 0.05) is 22.1 Å². The molecule has 0 saturated carbocycles. The van der Waals surface area contributed by atoms with Crippen molar-refractivity contribution in [1.29, 1.82) is 0 Å². The Kier molecular flexibility index (Phi) is 3.47. The van der Waals surface area contributed by atoms with Crippen LogP contribution >= 0.6 is 11.8 Å². The van der Waals surface area contributed by atoms with E-state index in [0.717, 1.165) is 16.0 Å². The highest BCUT2D eigenvalue weighted by molar-refractivity contribution is 7.99. The lowest BCUT2D eigenvalue weighted by Gasteiger charge is -2.02. The largest absolute Gasteiger partial charge is 0.423 e. The summed E-state index contributed by atoms with van der Waals surface area (Å²) < 4.78 is 5.12. The fourth-order valence-corrected chi connectivity index (χ4v) is 2.41. The van der Waals surface area contributed by atoms with E-state index in [1.165, 1.54) is 0 Å². The molecule has 16 heavy (non-hydrogen) atoms. The predicted molar refractivity (Wildman–Crippen MR) is 68.0 cm³/mol. The molecule has 2 aromatic rings. The molecule has 0 aliphatic heterocycles. The minimum atomic E-state index is -0.290. The van der Waals surface area contributed by atoms with E-state index in [0.29, 0.717) is 5.58 Å². The molecule has 0 radical (unpaired) electrons. The fourth-order valence-electron chi connectivity index (χ4n) is 1.44. The van der Waals surface area contributed by atoms with Gasteiger partial charge in [-0.15, -0.1) is 11.8 Å². The first-order valence-electron chi connectivity index (χ1n) is 5.08. The van der Waals surface area contributed by atoms with Crippen LogP contribution < -0.4 is 5.63 Å². The number of benzene rings is 1.